The first-order valence-electron chi connectivity index (χ1n) is 8.02. The molecule has 1 aromatic heterocycles. The molecule has 1 aromatic carbocycles. The quantitative estimate of drug-likeness (QED) is 0.769. The van der Waals surface area contributed by atoms with Gasteiger partial charge in [0.25, 0.3) is 5.91 Å². The molecule has 0 aliphatic heterocycles. The summed E-state index contributed by atoms with van der Waals surface area (Å²) in [5.74, 6) is 0.215. The van der Waals surface area contributed by atoms with Gasteiger partial charge in [-0.05, 0) is 25.0 Å². The number of thiazole rings is 1. The van der Waals surface area contributed by atoms with Gasteiger partial charge in [0, 0.05) is 35.4 Å². The summed E-state index contributed by atoms with van der Waals surface area (Å²) >= 11 is 1.58. The van der Waals surface area contributed by atoms with Crippen molar-refractivity contribution in [2.75, 3.05) is 19.8 Å². The topological polar surface area (TPSA) is 71.5 Å². The molecule has 1 unspecified atom stereocenters. The number of nitrogens with zero attached hydrogens (tertiary/aromatic N) is 1. The molecule has 5 nitrogen and oxygen atoms in total. The first-order chi connectivity index (χ1) is 11.5. The van der Waals surface area contributed by atoms with E-state index in [0.29, 0.717) is 18.1 Å². The number of nitrogens with one attached hydrogen (secondary N) is 1. The SMILES string of the molecule is Cc1csc(-c2ccc(C(=O)NCC(O)COCC(C)C)cc2)n1. The molecular weight excluding hydrogens is 324 g/mol. The molecule has 0 aliphatic rings. The number of benzene rings is 1. The molecule has 0 bridgehead atoms. The second-order valence-electron chi connectivity index (χ2n) is 6.17. The van der Waals surface area contributed by atoms with Crippen LogP contribution in [0.4, 0.5) is 0 Å². The Bertz CT molecular complexity index is 653. The van der Waals surface area contributed by atoms with Crippen molar-refractivity contribution in [3.8, 4) is 10.6 Å². The van der Waals surface area contributed by atoms with Crippen LogP contribution >= 0.6 is 11.3 Å². The highest BCUT2D eigenvalue weighted by atomic mass is 32.1. The number of ether oxygens (including phenoxy) is 1. The maximum absolute atomic E-state index is 12.1. The van der Waals surface area contributed by atoms with Crippen LogP contribution in [0.25, 0.3) is 10.6 Å². The van der Waals surface area contributed by atoms with Gasteiger partial charge in [-0.25, -0.2) is 4.98 Å². The number of aryl methyl sites for hydroxylation is 1. The zero-order valence-electron chi connectivity index (χ0n) is 14.3. The van der Waals surface area contributed by atoms with Gasteiger partial charge in [0.1, 0.15) is 5.01 Å². The van der Waals surface area contributed by atoms with Crippen LogP contribution in [0.1, 0.15) is 29.9 Å². The van der Waals surface area contributed by atoms with Gasteiger partial charge in [-0.15, -0.1) is 11.3 Å². The van der Waals surface area contributed by atoms with Crippen LogP contribution in [0.2, 0.25) is 0 Å². The number of amides is 1. The van der Waals surface area contributed by atoms with E-state index < -0.39 is 6.10 Å². The van der Waals surface area contributed by atoms with Crippen molar-refractivity contribution in [2.45, 2.75) is 26.9 Å². The molecule has 130 valence electrons. The van der Waals surface area contributed by atoms with Crippen molar-refractivity contribution < 1.29 is 14.6 Å². The largest absolute Gasteiger partial charge is 0.389 e. The van der Waals surface area contributed by atoms with Crippen LogP contribution in [-0.2, 0) is 4.74 Å². The van der Waals surface area contributed by atoms with Crippen molar-refractivity contribution in [1.82, 2.24) is 10.3 Å². The fourth-order valence-corrected chi connectivity index (χ4v) is 2.87. The molecule has 1 amide bonds. The van der Waals surface area contributed by atoms with E-state index in [4.69, 9.17) is 4.74 Å². The van der Waals surface area contributed by atoms with Gasteiger partial charge < -0.3 is 15.2 Å². The average molecular weight is 348 g/mol. The summed E-state index contributed by atoms with van der Waals surface area (Å²) in [6.45, 7) is 7.04. The van der Waals surface area contributed by atoms with Gasteiger partial charge in [-0.1, -0.05) is 26.0 Å². The molecule has 0 radical (unpaired) electrons. The molecule has 1 heterocycles. The second-order valence-corrected chi connectivity index (χ2v) is 7.02. The van der Waals surface area contributed by atoms with E-state index in [2.05, 4.69) is 10.3 Å². The van der Waals surface area contributed by atoms with E-state index in [-0.39, 0.29) is 19.1 Å². The Morgan fingerprint density at radius 3 is 2.58 bits per heavy atom. The molecule has 0 saturated heterocycles. The molecule has 2 N–H and O–H groups in total. The van der Waals surface area contributed by atoms with E-state index in [0.717, 1.165) is 16.3 Å². The number of carbonyl (C=O) groups is 1. The Morgan fingerprint density at radius 1 is 1.29 bits per heavy atom. The van der Waals surface area contributed by atoms with Crippen LogP contribution in [0.15, 0.2) is 29.6 Å². The average Bonchev–Trinajstić information content (AvgIpc) is 2.99. The number of hydrogen-bond acceptors (Lipinski definition) is 5. The number of hydrogen-bond donors (Lipinski definition) is 2. The van der Waals surface area contributed by atoms with E-state index in [1.54, 1.807) is 23.5 Å². The highest BCUT2D eigenvalue weighted by molar-refractivity contribution is 7.13. The summed E-state index contributed by atoms with van der Waals surface area (Å²) in [5.41, 5.74) is 2.54. The summed E-state index contributed by atoms with van der Waals surface area (Å²) in [5, 5.41) is 15.5. The van der Waals surface area contributed by atoms with Crippen molar-refractivity contribution >= 4 is 17.2 Å². The van der Waals surface area contributed by atoms with Crippen molar-refractivity contribution in [3.63, 3.8) is 0 Å². The first kappa shape index (κ1) is 18.6. The third-order valence-electron chi connectivity index (χ3n) is 3.27. The molecule has 0 spiro atoms. The lowest BCUT2D eigenvalue weighted by Crippen LogP contribution is -2.34. The maximum atomic E-state index is 12.1. The van der Waals surface area contributed by atoms with E-state index in [9.17, 15) is 9.90 Å². The summed E-state index contributed by atoms with van der Waals surface area (Å²) in [6.07, 6.45) is -0.703. The van der Waals surface area contributed by atoms with Crippen LogP contribution in [-0.4, -0.2) is 41.9 Å². The van der Waals surface area contributed by atoms with Crippen LogP contribution in [0, 0.1) is 12.8 Å². The Kier molecular flexibility index (Phi) is 6.90. The lowest BCUT2D eigenvalue weighted by atomic mass is 10.1. The van der Waals surface area contributed by atoms with Gasteiger partial charge in [-0.3, -0.25) is 4.79 Å². The molecule has 2 aromatic rings. The normalized spacial score (nSPS) is 12.4. The fraction of sp³-hybridized carbons (Fsp3) is 0.444. The molecule has 1 atom stereocenters. The van der Waals surface area contributed by atoms with E-state index >= 15 is 0 Å². The molecular formula is C18H24N2O3S. The van der Waals surface area contributed by atoms with Gasteiger partial charge in [0.2, 0.25) is 0 Å². The summed E-state index contributed by atoms with van der Waals surface area (Å²) < 4.78 is 5.35. The van der Waals surface area contributed by atoms with Crippen LogP contribution in [0.5, 0.6) is 0 Å². The number of aromatic nitrogens is 1. The van der Waals surface area contributed by atoms with E-state index in [1.165, 1.54) is 0 Å². The third kappa shape index (κ3) is 5.70. The minimum atomic E-state index is -0.703. The monoisotopic (exact) mass is 348 g/mol. The number of aliphatic hydroxyl groups excluding tert-OH is 1. The van der Waals surface area contributed by atoms with Crippen LogP contribution in [0.3, 0.4) is 0 Å². The van der Waals surface area contributed by atoms with Gasteiger partial charge in [0.05, 0.1) is 12.7 Å². The Labute approximate surface area is 146 Å². The predicted molar refractivity (Wildman–Crippen MR) is 96.3 cm³/mol. The smallest absolute Gasteiger partial charge is 0.251 e. The molecule has 24 heavy (non-hydrogen) atoms. The number of rotatable bonds is 8. The first-order valence-corrected chi connectivity index (χ1v) is 8.90. The highest BCUT2D eigenvalue weighted by Gasteiger charge is 2.10. The zero-order valence-corrected chi connectivity index (χ0v) is 15.1. The summed E-state index contributed by atoms with van der Waals surface area (Å²) in [6, 6.07) is 7.30. The molecule has 6 heteroatoms. The Balaban J connectivity index is 1.82. The minimum Gasteiger partial charge on any atom is -0.389 e. The number of carbonyl (C=O) groups excluding carboxylic acids is 1. The Morgan fingerprint density at radius 2 is 2.00 bits per heavy atom. The third-order valence-corrected chi connectivity index (χ3v) is 4.28. The van der Waals surface area contributed by atoms with Crippen molar-refractivity contribution in [2.24, 2.45) is 5.92 Å². The maximum Gasteiger partial charge on any atom is 0.251 e. The molecule has 0 saturated carbocycles. The van der Waals surface area contributed by atoms with Gasteiger partial charge in [0.15, 0.2) is 0 Å². The van der Waals surface area contributed by atoms with Crippen LogP contribution < -0.4 is 5.32 Å². The Hall–Kier alpha value is -1.76. The highest BCUT2D eigenvalue weighted by Crippen LogP contribution is 2.23. The summed E-state index contributed by atoms with van der Waals surface area (Å²) in [4.78, 5) is 16.5. The van der Waals surface area contributed by atoms with Gasteiger partial charge in [-0.2, -0.15) is 0 Å². The van der Waals surface area contributed by atoms with Gasteiger partial charge >= 0.3 is 0 Å². The molecule has 2 rings (SSSR count). The lowest BCUT2D eigenvalue weighted by molar-refractivity contribution is 0.0259. The number of aliphatic hydroxyl groups is 1. The lowest BCUT2D eigenvalue weighted by Gasteiger charge is -2.13. The van der Waals surface area contributed by atoms with Crippen molar-refractivity contribution in [1.29, 1.82) is 0 Å². The second kappa shape index (κ2) is 8.92. The standard InChI is InChI=1S/C18H24N2O3S/c1-12(2)9-23-10-16(21)8-19-17(22)14-4-6-15(7-5-14)18-20-13(3)11-24-18/h4-7,11-12,16,21H,8-10H2,1-3H3,(H,19,22). The minimum absolute atomic E-state index is 0.171. The fourth-order valence-electron chi connectivity index (χ4n) is 2.06. The van der Waals surface area contributed by atoms with Crippen molar-refractivity contribution in [3.05, 3.63) is 40.9 Å². The molecule has 0 aliphatic carbocycles. The molecule has 0 fully saturated rings. The summed E-state index contributed by atoms with van der Waals surface area (Å²) in [7, 11) is 0. The van der Waals surface area contributed by atoms with E-state index in [1.807, 2.05) is 38.3 Å². The predicted octanol–water partition coefficient (Wildman–Crippen LogP) is 2.88. The zero-order chi connectivity index (χ0) is 17.5.